The third-order valence-electron chi connectivity index (χ3n) is 3.51. The maximum atomic E-state index is 5.48. The van der Waals surface area contributed by atoms with E-state index >= 15 is 0 Å². The molecule has 0 bridgehead atoms. The maximum Gasteiger partial charge on any atom is 0.122 e. The molecule has 0 aliphatic heterocycles. The van der Waals surface area contributed by atoms with Gasteiger partial charge in [-0.2, -0.15) is 0 Å². The second kappa shape index (κ2) is 6.79. The SMILES string of the molecule is CCCC(C)(CNC)Cc1cc(C)ccc1OC. The largest absolute Gasteiger partial charge is 0.496 e. The smallest absolute Gasteiger partial charge is 0.122 e. The van der Waals surface area contributed by atoms with Crippen LogP contribution in [-0.2, 0) is 6.42 Å². The molecule has 0 aliphatic carbocycles. The minimum Gasteiger partial charge on any atom is -0.496 e. The first-order valence-corrected chi connectivity index (χ1v) is 6.83. The van der Waals surface area contributed by atoms with E-state index in [1.807, 2.05) is 7.05 Å². The van der Waals surface area contributed by atoms with Crippen LogP contribution in [0.4, 0.5) is 0 Å². The van der Waals surface area contributed by atoms with E-state index < -0.39 is 0 Å². The average Bonchev–Trinajstić information content (AvgIpc) is 2.29. The van der Waals surface area contributed by atoms with E-state index in [9.17, 15) is 0 Å². The molecule has 0 spiro atoms. The zero-order valence-corrected chi connectivity index (χ0v) is 12.5. The van der Waals surface area contributed by atoms with E-state index in [1.165, 1.54) is 24.0 Å². The second-order valence-corrected chi connectivity index (χ2v) is 5.58. The van der Waals surface area contributed by atoms with Crippen LogP contribution >= 0.6 is 0 Å². The topological polar surface area (TPSA) is 21.3 Å². The standard InChI is InChI=1S/C16H27NO/c1-6-9-16(3,12-17-4)11-14-10-13(2)7-8-15(14)18-5/h7-8,10,17H,6,9,11-12H2,1-5H3. The highest BCUT2D eigenvalue weighted by Gasteiger charge is 2.24. The molecular weight excluding hydrogens is 222 g/mol. The van der Waals surface area contributed by atoms with Gasteiger partial charge in [0.2, 0.25) is 0 Å². The summed E-state index contributed by atoms with van der Waals surface area (Å²) in [4.78, 5) is 0. The molecule has 0 saturated heterocycles. The zero-order valence-electron chi connectivity index (χ0n) is 12.5. The summed E-state index contributed by atoms with van der Waals surface area (Å²) in [7, 11) is 3.78. The Bertz CT molecular complexity index is 367. The van der Waals surface area contributed by atoms with E-state index in [0.29, 0.717) is 5.41 Å². The maximum absolute atomic E-state index is 5.48. The molecule has 2 heteroatoms. The van der Waals surface area contributed by atoms with E-state index in [2.05, 4.69) is 44.3 Å². The van der Waals surface area contributed by atoms with Crippen molar-refractivity contribution in [1.29, 1.82) is 0 Å². The first-order chi connectivity index (χ1) is 8.54. The van der Waals surface area contributed by atoms with Gasteiger partial charge < -0.3 is 10.1 Å². The van der Waals surface area contributed by atoms with Gasteiger partial charge in [-0.15, -0.1) is 0 Å². The molecule has 1 aromatic rings. The molecule has 2 nitrogen and oxygen atoms in total. The number of ether oxygens (including phenoxy) is 1. The Balaban J connectivity index is 2.95. The van der Waals surface area contributed by atoms with Crippen LogP contribution in [0.3, 0.4) is 0 Å². The normalized spacial score (nSPS) is 14.3. The average molecular weight is 249 g/mol. The van der Waals surface area contributed by atoms with Gasteiger partial charge >= 0.3 is 0 Å². The van der Waals surface area contributed by atoms with Crippen molar-refractivity contribution in [3.05, 3.63) is 29.3 Å². The number of hydrogen-bond donors (Lipinski definition) is 1. The van der Waals surface area contributed by atoms with Crippen LogP contribution in [0.1, 0.15) is 37.8 Å². The minimum absolute atomic E-state index is 0.296. The lowest BCUT2D eigenvalue weighted by Gasteiger charge is -2.30. The first-order valence-electron chi connectivity index (χ1n) is 6.83. The Morgan fingerprint density at radius 3 is 2.61 bits per heavy atom. The number of methoxy groups -OCH3 is 1. The molecule has 1 N–H and O–H groups in total. The molecule has 18 heavy (non-hydrogen) atoms. The predicted octanol–water partition coefficient (Wildman–Crippen LogP) is 3.57. The molecule has 102 valence electrons. The number of aryl methyl sites for hydroxylation is 1. The van der Waals surface area contributed by atoms with E-state index in [1.54, 1.807) is 7.11 Å². The molecule has 0 amide bonds. The van der Waals surface area contributed by atoms with Crippen molar-refractivity contribution in [2.24, 2.45) is 5.41 Å². The molecule has 1 unspecified atom stereocenters. The van der Waals surface area contributed by atoms with Crippen LogP contribution in [0.15, 0.2) is 18.2 Å². The molecular formula is C16H27NO. The van der Waals surface area contributed by atoms with Crippen molar-refractivity contribution in [2.45, 2.75) is 40.0 Å². The fourth-order valence-corrected chi connectivity index (χ4v) is 2.77. The summed E-state index contributed by atoms with van der Waals surface area (Å²) in [6.07, 6.45) is 3.50. The number of hydrogen-bond acceptors (Lipinski definition) is 2. The van der Waals surface area contributed by atoms with Gasteiger partial charge in [0.1, 0.15) is 5.75 Å². The fourth-order valence-electron chi connectivity index (χ4n) is 2.77. The molecule has 0 radical (unpaired) electrons. The summed E-state index contributed by atoms with van der Waals surface area (Å²) in [5.41, 5.74) is 2.92. The Morgan fingerprint density at radius 2 is 2.06 bits per heavy atom. The van der Waals surface area contributed by atoms with E-state index in [-0.39, 0.29) is 0 Å². The molecule has 0 fully saturated rings. The minimum atomic E-state index is 0.296. The van der Waals surface area contributed by atoms with Gasteiger partial charge in [0.25, 0.3) is 0 Å². The molecule has 0 heterocycles. The lowest BCUT2D eigenvalue weighted by molar-refractivity contribution is 0.278. The van der Waals surface area contributed by atoms with Gasteiger partial charge in [-0.1, -0.05) is 38.0 Å². The van der Waals surface area contributed by atoms with Crippen molar-refractivity contribution < 1.29 is 4.74 Å². The molecule has 0 aliphatic rings. The molecule has 1 atom stereocenters. The van der Waals surface area contributed by atoms with Crippen LogP contribution in [0.5, 0.6) is 5.75 Å². The van der Waals surface area contributed by atoms with Gasteiger partial charge in [0.15, 0.2) is 0 Å². The zero-order chi connectivity index (χ0) is 13.6. The van der Waals surface area contributed by atoms with Crippen LogP contribution in [-0.4, -0.2) is 20.7 Å². The lowest BCUT2D eigenvalue weighted by Crippen LogP contribution is -2.31. The van der Waals surface area contributed by atoms with Crippen LogP contribution in [0.2, 0.25) is 0 Å². The van der Waals surface area contributed by atoms with Crippen molar-refractivity contribution in [2.75, 3.05) is 20.7 Å². The highest BCUT2D eigenvalue weighted by atomic mass is 16.5. The number of rotatable bonds is 7. The monoisotopic (exact) mass is 249 g/mol. The molecule has 0 saturated carbocycles. The third-order valence-corrected chi connectivity index (χ3v) is 3.51. The third kappa shape index (κ3) is 4.02. The van der Waals surface area contributed by atoms with Gasteiger partial charge in [-0.05, 0) is 43.9 Å². The summed E-state index contributed by atoms with van der Waals surface area (Å²) in [6.45, 7) is 7.78. The molecule has 0 aromatic heterocycles. The van der Waals surface area contributed by atoms with Gasteiger partial charge in [0.05, 0.1) is 7.11 Å². The lowest BCUT2D eigenvalue weighted by atomic mass is 9.79. The first kappa shape index (κ1) is 15.0. The second-order valence-electron chi connectivity index (χ2n) is 5.58. The van der Waals surface area contributed by atoms with E-state index in [0.717, 1.165) is 18.7 Å². The Hall–Kier alpha value is -1.02. The van der Waals surface area contributed by atoms with Crippen LogP contribution < -0.4 is 10.1 Å². The predicted molar refractivity (Wildman–Crippen MR) is 78.4 cm³/mol. The van der Waals surface area contributed by atoms with Gasteiger partial charge in [-0.25, -0.2) is 0 Å². The Labute approximate surface area is 112 Å². The van der Waals surface area contributed by atoms with Crippen molar-refractivity contribution in [3.8, 4) is 5.75 Å². The highest BCUT2D eigenvalue weighted by molar-refractivity contribution is 5.37. The summed E-state index contributed by atoms with van der Waals surface area (Å²) >= 11 is 0. The summed E-state index contributed by atoms with van der Waals surface area (Å²) in [6, 6.07) is 6.44. The molecule has 1 aromatic carbocycles. The molecule has 1 rings (SSSR count). The van der Waals surface area contributed by atoms with Crippen LogP contribution in [0.25, 0.3) is 0 Å². The Morgan fingerprint density at radius 1 is 1.33 bits per heavy atom. The van der Waals surface area contributed by atoms with E-state index in [4.69, 9.17) is 4.74 Å². The summed E-state index contributed by atoms with van der Waals surface area (Å²) in [5.74, 6) is 1.01. The number of benzene rings is 1. The number of nitrogens with one attached hydrogen (secondary N) is 1. The quantitative estimate of drug-likeness (QED) is 0.797. The summed E-state index contributed by atoms with van der Waals surface area (Å²) in [5, 5.41) is 3.32. The summed E-state index contributed by atoms with van der Waals surface area (Å²) < 4.78 is 5.48. The van der Waals surface area contributed by atoms with Crippen molar-refractivity contribution in [3.63, 3.8) is 0 Å². The Kier molecular flexibility index (Phi) is 5.67. The van der Waals surface area contributed by atoms with Crippen molar-refractivity contribution >= 4 is 0 Å². The van der Waals surface area contributed by atoms with Gasteiger partial charge in [-0.3, -0.25) is 0 Å². The highest BCUT2D eigenvalue weighted by Crippen LogP contribution is 2.32. The fraction of sp³-hybridized carbons (Fsp3) is 0.625. The van der Waals surface area contributed by atoms with Crippen LogP contribution in [0, 0.1) is 12.3 Å². The van der Waals surface area contributed by atoms with Gasteiger partial charge in [0, 0.05) is 6.54 Å². The van der Waals surface area contributed by atoms with Crippen molar-refractivity contribution in [1.82, 2.24) is 5.32 Å².